The summed E-state index contributed by atoms with van der Waals surface area (Å²) in [5.41, 5.74) is -0.681. The first kappa shape index (κ1) is 16.8. The van der Waals surface area contributed by atoms with E-state index in [4.69, 9.17) is 0 Å². The first-order valence-corrected chi connectivity index (χ1v) is 7.99. The van der Waals surface area contributed by atoms with E-state index in [1.807, 2.05) is 11.0 Å². The molecule has 0 spiro atoms. The zero-order valence-corrected chi connectivity index (χ0v) is 13.4. The minimum atomic E-state index is -1.27. The van der Waals surface area contributed by atoms with Crippen LogP contribution in [-0.2, 0) is 4.79 Å². The van der Waals surface area contributed by atoms with Crippen LogP contribution < -0.4 is 0 Å². The number of hydrogen-bond donors (Lipinski definition) is 1. The van der Waals surface area contributed by atoms with Gasteiger partial charge in [0.15, 0.2) is 5.78 Å². The Balaban J connectivity index is 2.15. The fourth-order valence-electron chi connectivity index (χ4n) is 3.22. The van der Waals surface area contributed by atoms with E-state index in [0.29, 0.717) is 5.56 Å². The Labute approximate surface area is 132 Å². The van der Waals surface area contributed by atoms with Gasteiger partial charge in [-0.3, -0.25) is 14.5 Å². The van der Waals surface area contributed by atoms with E-state index in [1.54, 1.807) is 31.2 Å². The Kier molecular flexibility index (Phi) is 5.48. The monoisotopic (exact) mass is 303 g/mol. The summed E-state index contributed by atoms with van der Waals surface area (Å²) < 4.78 is 0. The Bertz CT molecular complexity index is 518. The highest BCUT2D eigenvalue weighted by Gasteiger charge is 2.41. The number of hydrogen-bond acceptors (Lipinski definition) is 4. The molecule has 2 unspecified atom stereocenters. The third-order valence-electron chi connectivity index (χ3n) is 4.63. The number of carbonyl (C=O) groups excluding carboxylic acids is 2. The predicted octanol–water partition coefficient (Wildman–Crippen LogP) is 2.66. The molecule has 22 heavy (non-hydrogen) atoms. The van der Waals surface area contributed by atoms with Crippen molar-refractivity contribution < 1.29 is 14.7 Å². The molecule has 1 aromatic rings. The van der Waals surface area contributed by atoms with Crippen LogP contribution in [0.5, 0.6) is 0 Å². The molecule has 1 aliphatic rings. The third-order valence-corrected chi connectivity index (χ3v) is 4.63. The van der Waals surface area contributed by atoms with Crippen molar-refractivity contribution in [3.8, 4) is 0 Å². The van der Waals surface area contributed by atoms with Crippen LogP contribution in [-0.4, -0.2) is 40.4 Å². The van der Waals surface area contributed by atoms with Crippen LogP contribution in [0.4, 0.5) is 0 Å². The van der Waals surface area contributed by atoms with Crippen molar-refractivity contribution in [3.63, 3.8) is 0 Å². The average Bonchev–Trinajstić information content (AvgIpc) is 2.53. The van der Waals surface area contributed by atoms with Crippen molar-refractivity contribution in [1.82, 2.24) is 4.90 Å². The zero-order chi connectivity index (χ0) is 16.2. The number of benzene rings is 1. The largest absolute Gasteiger partial charge is 0.375 e. The quantitative estimate of drug-likeness (QED) is 0.821. The van der Waals surface area contributed by atoms with E-state index in [9.17, 15) is 14.7 Å². The van der Waals surface area contributed by atoms with Gasteiger partial charge in [0, 0.05) is 25.1 Å². The summed E-state index contributed by atoms with van der Waals surface area (Å²) >= 11 is 0. The number of ketones is 2. The van der Waals surface area contributed by atoms with Crippen molar-refractivity contribution in [2.24, 2.45) is 5.92 Å². The molecule has 120 valence electrons. The molecule has 1 aromatic carbocycles. The maximum absolute atomic E-state index is 12.4. The molecule has 2 atom stereocenters. The molecular formula is C18H25NO3. The Morgan fingerprint density at radius 2 is 1.77 bits per heavy atom. The third kappa shape index (κ3) is 3.81. The van der Waals surface area contributed by atoms with Gasteiger partial charge in [0.25, 0.3) is 0 Å². The lowest BCUT2D eigenvalue weighted by Crippen LogP contribution is -2.55. The lowest BCUT2D eigenvalue weighted by molar-refractivity contribution is -0.158. The number of aliphatic hydroxyl groups is 1. The number of carbonyl (C=O) groups is 2. The van der Waals surface area contributed by atoms with Crippen LogP contribution in [0.25, 0.3) is 0 Å². The molecule has 2 rings (SSSR count). The second kappa shape index (κ2) is 7.16. The Morgan fingerprint density at radius 1 is 1.18 bits per heavy atom. The van der Waals surface area contributed by atoms with Gasteiger partial charge in [-0.2, -0.15) is 0 Å². The summed E-state index contributed by atoms with van der Waals surface area (Å²) in [4.78, 5) is 26.4. The molecule has 1 N–H and O–H groups in total. The number of nitrogens with zero attached hydrogens (tertiary/aromatic N) is 1. The normalized spacial score (nSPS) is 20.1. The second-order valence-electron chi connectivity index (χ2n) is 6.30. The maximum atomic E-state index is 12.4. The number of rotatable bonds is 6. The van der Waals surface area contributed by atoms with Crippen LogP contribution in [0.1, 0.15) is 49.9 Å². The molecule has 0 saturated carbocycles. The van der Waals surface area contributed by atoms with Gasteiger partial charge in [0.05, 0.1) is 5.92 Å². The molecule has 4 heteroatoms. The second-order valence-corrected chi connectivity index (χ2v) is 6.30. The van der Waals surface area contributed by atoms with Crippen molar-refractivity contribution in [2.45, 2.75) is 45.3 Å². The summed E-state index contributed by atoms with van der Waals surface area (Å²) in [5, 5.41) is 10.9. The SMILES string of the molecule is CC(=O)C(CC(=O)c1ccccc1)C(C)(O)N1CCCCC1. The van der Waals surface area contributed by atoms with E-state index >= 15 is 0 Å². The summed E-state index contributed by atoms with van der Waals surface area (Å²) in [6.07, 6.45) is 3.24. The topological polar surface area (TPSA) is 57.6 Å². The summed E-state index contributed by atoms with van der Waals surface area (Å²) in [7, 11) is 0. The molecule has 1 aliphatic heterocycles. The molecule has 0 aliphatic carbocycles. The minimum absolute atomic E-state index is 0.0445. The molecule has 4 nitrogen and oxygen atoms in total. The van der Waals surface area contributed by atoms with Crippen molar-refractivity contribution in [1.29, 1.82) is 0 Å². The number of piperidine rings is 1. The van der Waals surface area contributed by atoms with E-state index in [-0.39, 0.29) is 18.0 Å². The molecule has 0 aromatic heterocycles. The molecular weight excluding hydrogens is 278 g/mol. The van der Waals surface area contributed by atoms with Crippen LogP contribution >= 0.6 is 0 Å². The van der Waals surface area contributed by atoms with E-state index < -0.39 is 11.6 Å². The van der Waals surface area contributed by atoms with Gasteiger partial charge in [-0.25, -0.2) is 0 Å². The Morgan fingerprint density at radius 3 is 2.32 bits per heavy atom. The fourth-order valence-corrected chi connectivity index (χ4v) is 3.22. The summed E-state index contributed by atoms with van der Waals surface area (Å²) in [5.74, 6) is -0.934. The number of likely N-dealkylation sites (tertiary alicyclic amines) is 1. The smallest absolute Gasteiger partial charge is 0.163 e. The highest BCUT2D eigenvalue weighted by atomic mass is 16.3. The van der Waals surface area contributed by atoms with Crippen molar-refractivity contribution >= 4 is 11.6 Å². The van der Waals surface area contributed by atoms with Crippen LogP contribution in [0.2, 0.25) is 0 Å². The molecule has 0 radical (unpaired) electrons. The fraction of sp³-hybridized carbons (Fsp3) is 0.556. The number of Topliss-reactive ketones (excluding diaryl/α,β-unsaturated/α-hetero) is 2. The summed E-state index contributed by atoms with van der Waals surface area (Å²) in [6, 6.07) is 8.95. The van der Waals surface area contributed by atoms with Gasteiger partial charge in [-0.05, 0) is 26.7 Å². The van der Waals surface area contributed by atoms with Gasteiger partial charge >= 0.3 is 0 Å². The molecule has 1 heterocycles. The van der Waals surface area contributed by atoms with E-state index in [0.717, 1.165) is 32.4 Å². The minimum Gasteiger partial charge on any atom is -0.375 e. The van der Waals surface area contributed by atoms with Gasteiger partial charge < -0.3 is 5.11 Å². The zero-order valence-electron chi connectivity index (χ0n) is 13.4. The van der Waals surface area contributed by atoms with Crippen LogP contribution in [0.15, 0.2) is 30.3 Å². The van der Waals surface area contributed by atoms with Gasteiger partial charge in [-0.15, -0.1) is 0 Å². The van der Waals surface area contributed by atoms with Gasteiger partial charge in [0.1, 0.15) is 11.5 Å². The van der Waals surface area contributed by atoms with Crippen molar-refractivity contribution in [3.05, 3.63) is 35.9 Å². The van der Waals surface area contributed by atoms with Crippen LogP contribution in [0.3, 0.4) is 0 Å². The van der Waals surface area contributed by atoms with E-state index in [1.165, 1.54) is 6.92 Å². The average molecular weight is 303 g/mol. The lowest BCUT2D eigenvalue weighted by atomic mass is 9.85. The van der Waals surface area contributed by atoms with Gasteiger partial charge in [-0.1, -0.05) is 36.8 Å². The Hall–Kier alpha value is -1.52. The van der Waals surface area contributed by atoms with Crippen molar-refractivity contribution in [2.75, 3.05) is 13.1 Å². The molecule has 0 bridgehead atoms. The summed E-state index contributed by atoms with van der Waals surface area (Å²) in [6.45, 7) is 4.68. The highest BCUT2D eigenvalue weighted by Crippen LogP contribution is 2.30. The molecule has 0 amide bonds. The predicted molar refractivity (Wildman–Crippen MR) is 85.6 cm³/mol. The first-order chi connectivity index (χ1) is 10.4. The standard InChI is InChI=1S/C18H25NO3/c1-14(20)16(13-17(21)15-9-5-3-6-10-15)18(2,22)19-11-7-4-8-12-19/h3,5-6,9-10,16,22H,4,7-8,11-13H2,1-2H3. The lowest BCUT2D eigenvalue weighted by Gasteiger charge is -2.43. The van der Waals surface area contributed by atoms with Gasteiger partial charge in [0.2, 0.25) is 0 Å². The molecule has 1 fully saturated rings. The highest BCUT2D eigenvalue weighted by molar-refractivity contribution is 5.98. The van der Waals surface area contributed by atoms with Crippen LogP contribution in [0, 0.1) is 5.92 Å². The first-order valence-electron chi connectivity index (χ1n) is 7.99. The maximum Gasteiger partial charge on any atom is 0.163 e. The van der Waals surface area contributed by atoms with E-state index in [2.05, 4.69) is 0 Å². The molecule has 1 saturated heterocycles.